The van der Waals surface area contributed by atoms with Gasteiger partial charge in [-0.25, -0.2) is 8.78 Å². The Kier molecular flexibility index (Phi) is 4.36. The van der Waals surface area contributed by atoms with E-state index in [0.717, 1.165) is 23.1 Å². The van der Waals surface area contributed by atoms with Gasteiger partial charge >= 0.3 is 5.97 Å². The molecule has 0 bridgehead atoms. The lowest BCUT2D eigenvalue weighted by Gasteiger charge is -2.25. The Balaban J connectivity index is 2.92. The summed E-state index contributed by atoms with van der Waals surface area (Å²) in [5.41, 5.74) is 0.0104. The number of amides is 1. The summed E-state index contributed by atoms with van der Waals surface area (Å²) in [7, 11) is 1.35. The maximum atomic E-state index is 13.5. The number of carboxylic acid groups (broad SMARTS) is 1. The zero-order valence-electron chi connectivity index (χ0n) is 9.98. The molecule has 0 fully saturated rings. The van der Waals surface area contributed by atoms with Crippen molar-refractivity contribution < 1.29 is 23.5 Å². The number of hydrogen-bond donors (Lipinski definition) is 1. The molecule has 1 amide bonds. The predicted octanol–water partition coefficient (Wildman–Crippen LogP) is 1.96. The van der Waals surface area contributed by atoms with E-state index in [1.165, 1.54) is 14.0 Å². The van der Waals surface area contributed by atoms with Gasteiger partial charge in [-0.2, -0.15) is 0 Å². The first-order chi connectivity index (χ1) is 8.32. The maximum absolute atomic E-state index is 13.5. The summed E-state index contributed by atoms with van der Waals surface area (Å²) in [6.07, 6.45) is -0.683. The minimum atomic E-state index is -1.27. The molecular weight excluding hydrogens is 244 g/mol. The molecule has 1 atom stereocenters. The molecule has 0 spiro atoms. The number of benzene rings is 1. The van der Waals surface area contributed by atoms with Gasteiger partial charge in [0.25, 0.3) is 0 Å². The molecule has 98 valence electrons. The topological polar surface area (TPSA) is 57.6 Å². The molecule has 0 aliphatic carbocycles. The third-order valence-corrected chi connectivity index (χ3v) is 2.68. The van der Waals surface area contributed by atoms with Crippen LogP contribution >= 0.6 is 0 Å². The summed E-state index contributed by atoms with van der Waals surface area (Å²) < 4.78 is 26.5. The van der Waals surface area contributed by atoms with Crippen molar-refractivity contribution in [2.24, 2.45) is 0 Å². The van der Waals surface area contributed by atoms with Crippen LogP contribution in [0.15, 0.2) is 18.2 Å². The molecule has 1 aromatic rings. The van der Waals surface area contributed by atoms with Crippen LogP contribution in [0.25, 0.3) is 0 Å². The van der Waals surface area contributed by atoms with Crippen molar-refractivity contribution >= 4 is 11.9 Å². The highest BCUT2D eigenvalue weighted by Gasteiger charge is 2.22. The van der Waals surface area contributed by atoms with Gasteiger partial charge in [0.1, 0.15) is 18.1 Å². The smallest absolute Gasteiger partial charge is 0.312 e. The fraction of sp³-hybridized carbons (Fsp3) is 0.333. The molecule has 4 nitrogen and oxygen atoms in total. The highest BCUT2D eigenvalue weighted by Crippen LogP contribution is 2.23. The number of carbonyl (C=O) groups excluding carboxylic acids is 1. The van der Waals surface area contributed by atoms with Crippen LogP contribution in [0.2, 0.25) is 0 Å². The Morgan fingerprint density at radius 1 is 1.39 bits per heavy atom. The molecule has 18 heavy (non-hydrogen) atoms. The van der Waals surface area contributed by atoms with Crippen molar-refractivity contribution in [3.05, 3.63) is 35.4 Å². The highest BCUT2D eigenvalue weighted by molar-refractivity contribution is 5.93. The third-order valence-electron chi connectivity index (χ3n) is 2.68. The minimum Gasteiger partial charge on any atom is -0.481 e. The second-order valence-electron chi connectivity index (χ2n) is 3.92. The van der Waals surface area contributed by atoms with Crippen molar-refractivity contribution in [3.8, 4) is 0 Å². The van der Waals surface area contributed by atoms with Crippen molar-refractivity contribution in [2.75, 3.05) is 7.05 Å². The largest absolute Gasteiger partial charge is 0.481 e. The van der Waals surface area contributed by atoms with Gasteiger partial charge in [0.05, 0.1) is 6.04 Å². The van der Waals surface area contributed by atoms with Gasteiger partial charge < -0.3 is 10.0 Å². The van der Waals surface area contributed by atoms with Crippen LogP contribution in [0.4, 0.5) is 8.78 Å². The molecule has 1 aromatic carbocycles. The van der Waals surface area contributed by atoms with E-state index < -0.39 is 36.0 Å². The number of nitrogens with zero attached hydrogens (tertiary/aromatic N) is 1. The van der Waals surface area contributed by atoms with E-state index in [1.807, 2.05) is 0 Å². The molecule has 0 aromatic heterocycles. The standard InChI is InChI=1S/C12H13F2NO3/c1-7(15(2)11(16)6-12(17)18)9-5-8(13)3-4-10(9)14/h3-5,7H,6H2,1-2H3,(H,17,18). The van der Waals surface area contributed by atoms with E-state index >= 15 is 0 Å². The molecule has 0 saturated heterocycles. The van der Waals surface area contributed by atoms with Crippen molar-refractivity contribution in [1.82, 2.24) is 4.90 Å². The Hall–Kier alpha value is -1.98. The van der Waals surface area contributed by atoms with Gasteiger partial charge in [-0.3, -0.25) is 9.59 Å². The SMILES string of the molecule is CC(c1cc(F)ccc1F)N(C)C(=O)CC(=O)O. The van der Waals surface area contributed by atoms with Crippen molar-refractivity contribution in [3.63, 3.8) is 0 Å². The molecule has 1 rings (SSSR count). The van der Waals surface area contributed by atoms with Gasteiger partial charge in [-0.15, -0.1) is 0 Å². The first kappa shape index (κ1) is 14.1. The Morgan fingerprint density at radius 3 is 2.56 bits per heavy atom. The molecule has 6 heteroatoms. The summed E-state index contributed by atoms with van der Waals surface area (Å²) in [6, 6.07) is 2.19. The van der Waals surface area contributed by atoms with E-state index in [-0.39, 0.29) is 5.56 Å². The number of halogens is 2. The number of carboxylic acids is 1. The van der Waals surface area contributed by atoms with Crippen LogP contribution in [0.5, 0.6) is 0 Å². The Morgan fingerprint density at radius 2 is 2.00 bits per heavy atom. The Bertz CT molecular complexity index is 476. The second-order valence-corrected chi connectivity index (χ2v) is 3.92. The van der Waals surface area contributed by atoms with Crippen molar-refractivity contribution in [1.29, 1.82) is 0 Å². The lowest BCUT2D eigenvalue weighted by atomic mass is 10.1. The molecule has 0 aliphatic heterocycles. The number of hydrogen-bond acceptors (Lipinski definition) is 2. The van der Waals surface area contributed by atoms with Gasteiger partial charge in [-0.1, -0.05) is 0 Å². The number of carbonyl (C=O) groups is 2. The quantitative estimate of drug-likeness (QED) is 0.839. The van der Waals surface area contributed by atoms with E-state index in [2.05, 4.69) is 0 Å². The molecule has 0 saturated carbocycles. The van der Waals surface area contributed by atoms with Crippen LogP contribution in [0.3, 0.4) is 0 Å². The predicted molar refractivity (Wildman–Crippen MR) is 59.8 cm³/mol. The van der Waals surface area contributed by atoms with Crippen LogP contribution in [0, 0.1) is 11.6 Å². The number of rotatable bonds is 4. The maximum Gasteiger partial charge on any atom is 0.312 e. The summed E-state index contributed by atoms with van der Waals surface area (Å²) >= 11 is 0. The Labute approximate surface area is 103 Å². The average Bonchev–Trinajstić information content (AvgIpc) is 2.29. The average molecular weight is 257 g/mol. The normalized spacial score (nSPS) is 12.0. The van der Waals surface area contributed by atoms with Crippen LogP contribution in [-0.4, -0.2) is 28.9 Å². The van der Waals surface area contributed by atoms with Crippen LogP contribution in [0.1, 0.15) is 24.9 Å². The third kappa shape index (κ3) is 3.26. The second kappa shape index (κ2) is 5.57. The molecule has 1 unspecified atom stereocenters. The number of aliphatic carboxylic acids is 1. The molecular formula is C12H13F2NO3. The summed E-state index contributed by atoms with van der Waals surface area (Å²) in [6.45, 7) is 1.50. The zero-order valence-corrected chi connectivity index (χ0v) is 9.98. The first-order valence-electron chi connectivity index (χ1n) is 5.25. The van der Waals surface area contributed by atoms with Gasteiger partial charge in [-0.05, 0) is 25.1 Å². The molecule has 0 aliphatic rings. The van der Waals surface area contributed by atoms with Crippen LogP contribution < -0.4 is 0 Å². The van der Waals surface area contributed by atoms with E-state index in [0.29, 0.717) is 0 Å². The summed E-state index contributed by atoms with van der Waals surface area (Å²) in [4.78, 5) is 23.0. The lowest BCUT2D eigenvalue weighted by Crippen LogP contribution is -2.31. The zero-order chi connectivity index (χ0) is 13.9. The monoisotopic (exact) mass is 257 g/mol. The fourth-order valence-electron chi connectivity index (χ4n) is 1.51. The van der Waals surface area contributed by atoms with Crippen LogP contribution in [-0.2, 0) is 9.59 Å². The summed E-state index contributed by atoms with van der Waals surface area (Å²) in [5, 5.41) is 8.50. The van der Waals surface area contributed by atoms with Gasteiger partial charge in [0.2, 0.25) is 5.91 Å². The minimum absolute atomic E-state index is 0.0104. The molecule has 0 radical (unpaired) electrons. The lowest BCUT2D eigenvalue weighted by molar-refractivity contribution is -0.144. The van der Waals surface area contributed by atoms with E-state index in [4.69, 9.17) is 5.11 Å². The molecule has 0 heterocycles. The van der Waals surface area contributed by atoms with Gasteiger partial charge in [0, 0.05) is 12.6 Å². The summed E-state index contributed by atoms with van der Waals surface area (Å²) in [5.74, 6) is -3.19. The first-order valence-corrected chi connectivity index (χ1v) is 5.25. The highest BCUT2D eigenvalue weighted by atomic mass is 19.1. The fourth-order valence-corrected chi connectivity index (χ4v) is 1.51. The molecule has 1 N–H and O–H groups in total. The van der Waals surface area contributed by atoms with E-state index in [9.17, 15) is 18.4 Å². The van der Waals surface area contributed by atoms with E-state index in [1.54, 1.807) is 0 Å². The van der Waals surface area contributed by atoms with Crippen molar-refractivity contribution in [2.45, 2.75) is 19.4 Å². The van der Waals surface area contributed by atoms with Gasteiger partial charge in [0.15, 0.2) is 0 Å².